The maximum absolute atomic E-state index is 10.6. The van der Waals surface area contributed by atoms with Gasteiger partial charge in [-0.05, 0) is 11.8 Å². The maximum Gasteiger partial charge on any atom is 0.292 e. The van der Waals surface area contributed by atoms with Crippen molar-refractivity contribution in [3.05, 3.63) is 0 Å². The van der Waals surface area contributed by atoms with Crippen molar-refractivity contribution < 1.29 is 4.79 Å². The minimum absolute atomic E-state index is 0.0256. The van der Waals surface area contributed by atoms with Crippen molar-refractivity contribution in [2.75, 3.05) is 12.8 Å². The van der Waals surface area contributed by atoms with Gasteiger partial charge in [-0.3, -0.25) is 10.2 Å². The molecule has 0 radical (unpaired) electrons. The average molecular weight is 178 g/mol. The first-order chi connectivity index (χ1) is 4.66. The van der Waals surface area contributed by atoms with E-state index >= 15 is 0 Å². The lowest BCUT2D eigenvalue weighted by Gasteiger charge is -2.06. The number of carbonyl (C=O) groups is 1. The Morgan fingerprint density at radius 2 is 2.40 bits per heavy atom. The number of nitrogens with one attached hydrogen (secondary N) is 2. The van der Waals surface area contributed by atoms with Crippen molar-refractivity contribution in [1.29, 1.82) is 0 Å². The van der Waals surface area contributed by atoms with Gasteiger partial charge in [0.1, 0.15) is 0 Å². The van der Waals surface area contributed by atoms with Crippen molar-refractivity contribution in [2.24, 2.45) is 0 Å². The summed E-state index contributed by atoms with van der Waals surface area (Å²) in [5, 5.41) is -0.0256. The number of hydrogen-bond acceptors (Lipinski definition) is 3. The maximum atomic E-state index is 10.6. The van der Waals surface area contributed by atoms with E-state index in [1.807, 2.05) is 0 Å². The SMILES string of the molecule is CSC(=O)NNCC(C)[SiH3]. The van der Waals surface area contributed by atoms with Gasteiger partial charge in [-0.15, -0.1) is 0 Å². The van der Waals surface area contributed by atoms with E-state index in [1.54, 1.807) is 6.26 Å². The molecule has 0 aromatic heterocycles. The minimum Gasteiger partial charge on any atom is -0.282 e. The zero-order valence-corrected chi connectivity index (χ0v) is 9.42. The minimum atomic E-state index is -0.0256. The molecule has 2 N–H and O–H groups in total. The molecule has 0 spiro atoms. The average Bonchev–Trinajstić information content (AvgIpc) is 1.87. The molecule has 10 heavy (non-hydrogen) atoms. The molecular weight excluding hydrogens is 164 g/mol. The summed E-state index contributed by atoms with van der Waals surface area (Å²) in [5.41, 5.74) is 6.11. The number of amides is 1. The quantitative estimate of drug-likeness (QED) is 0.462. The summed E-state index contributed by atoms with van der Waals surface area (Å²) < 4.78 is 0. The predicted molar refractivity (Wildman–Crippen MR) is 49.4 cm³/mol. The Labute approximate surface area is 68.7 Å². The molecule has 0 bridgehead atoms. The van der Waals surface area contributed by atoms with Crippen LogP contribution in [0.25, 0.3) is 0 Å². The van der Waals surface area contributed by atoms with Crippen molar-refractivity contribution in [1.82, 2.24) is 10.9 Å². The van der Waals surface area contributed by atoms with Crippen molar-refractivity contribution in [3.63, 3.8) is 0 Å². The van der Waals surface area contributed by atoms with Crippen LogP contribution in [0.2, 0.25) is 5.54 Å². The van der Waals surface area contributed by atoms with Crippen molar-refractivity contribution in [3.8, 4) is 0 Å². The molecule has 1 amide bonds. The summed E-state index contributed by atoms with van der Waals surface area (Å²) in [6.07, 6.45) is 1.75. The van der Waals surface area contributed by atoms with Crippen LogP contribution in [0.4, 0.5) is 4.79 Å². The van der Waals surface area contributed by atoms with E-state index in [9.17, 15) is 4.79 Å². The lowest BCUT2D eigenvalue weighted by molar-refractivity contribution is 0.257. The second-order valence-corrected chi connectivity index (χ2v) is 5.14. The topological polar surface area (TPSA) is 41.1 Å². The summed E-state index contributed by atoms with van der Waals surface area (Å²) >= 11 is 1.18. The molecule has 1 atom stereocenters. The van der Waals surface area contributed by atoms with E-state index in [4.69, 9.17) is 0 Å². The summed E-state index contributed by atoms with van der Waals surface area (Å²) in [4.78, 5) is 10.6. The highest BCUT2D eigenvalue weighted by Crippen LogP contribution is 1.92. The fraction of sp³-hybridized carbons (Fsp3) is 0.800. The lowest BCUT2D eigenvalue weighted by atomic mass is 10.5. The Balaban J connectivity index is 3.12. The first kappa shape index (κ1) is 10.00. The third-order valence-corrected chi connectivity index (χ3v) is 1.77. The van der Waals surface area contributed by atoms with E-state index in [-0.39, 0.29) is 5.24 Å². The molecule has 0 aromatic rings. The van der Waals surface area contributed by atoms with Gasteiger partial charge in [0.05, 0.1) is 0 Å². The molecule has 0 aliphatic carbocycles. The third-order valence-electron chi connectivity index (χ3n) is 0.886. The van der Waals surface area contributed by atoms with Crippen LogP contribution < -0.4 is 10.9 Å². The molecule has 0 saturated heterocycles. The Morgan fingerprint density at radius 1 is 1.80 bits per heavy atom. The Hall–Kier alpha value is -0.00312. The predicted octanol–water partition coefficient (Wildman–Crippen LogP) is -0.263. The van der Waals surface area contributed by atoms with Crippen LogP contribution in [-0.2, 0) is 0 Å². The largest absolute Gasteiger partial charge is 0.292 e. The Kier molecular flexibility index (Phi) is 5.76. The van der Waals surface area contributed by atoms with Crippen LogP contribution in [0.1, 0.15) is 6.92 Å². The van der Waals surface area contributed by atoms with E-state index in [1.165, 1.54) is 11.8 Å². The van der Waals surface area contributed by atoms with Gasteiger partial charge < -0.3 is 0 Å². The smallest absolute Gasteiger partial charge is 0.282 e. The zero-order valence-electron chi connectivity index (χ0n) is 6.60. The van der Waals surface area contributed by atoms with Crippen LogP contribution in [0.5, 0.6) is 0 Å². The van der Waals surface area contributed by atoms with Gasteiger partial charge >= 0.3 is 0 Å². The molecule has 0 heterocycles. The Bertz CT molecular complexity index is 110. The molecule has 5 heteroatoms. The van der Waals surface area contributed by atoms with Gasteiger partial charge in [0.15, 0.2) is 0 Å². The van der Waals surface area contributed by atoms with Crippen LogP contribution in [0.15, 0.2) is 0 Å². The first-order valence-corrected chi connectivity index (χ1v) is 5.61. The highest BCUT2D eigenvalue weighted by Gasteiger charge is 1.95. The monoisotopic (exact) mass is 178 g/mol. The molecule has 1 unspecified atom stereocenters. The van der Waals surface area contributed by atoms with E-state index in [0.29, 0.717) is 5.54 Å². The number of hydrogen-bond donors (Lipinski definition) is 2. The third kappa shape index (κ3) is 6.12. The van der Waals surface area contributed by atoms with Crippen LogP contribution in [0.3, 0.4) is 0 Å². The summed E-state index contributed by atoms with van der Waals surface area (Å²) in [6, 6.07) is 0. The van der Waals surface area contributed by atoms with Gasteiger partial charge in [-0.2, -0.15) is 0 Å². The van der Waals surface area contributed by atoms with Crippen LogP contribution in [-0.4, -0.2) is 28.3 Å². The van der Waals surface area contributed by atoms with Crippen LogP contribution >= 0.6 is 11.8 Å². The second-order valence-electron chi connectivity index (χ2n) is 2.39. The second kappa shape index (κ2) is 5.76. The highest BCUT2D eigenvalue weighted by atomic mass is 32.2. The molecule has 0 saturated carbocycles. The molecule has 0 aliphatic rings. The fourth-order valence-electron chi connectivity index (χ4n) is 0.378. The summed E-state index contributed by atoms with van der Waals surface area (Å²) in [7, 11) is 1.16. The molecular formula is C5H14N2OSSi. The van der Waals surface area contributed by atoms with E-state index < -0.39 is 0 Å². The number of hydrazine groups is 1. The normalized spacial score (nSPS) is 13.0. The number of carbonyl (C=O) groups excluding carboxylic acids is 1. The summed E-state index contributed by atoms with van der Waals surface area (Å²) in [5.74, 6) is 0. The molecule has 0 aliphatic heterocycles. The van der Waals surface area contributed by atoms with Gasteiger partial charge in [0.25, 0.3) is 5.24 Å². The van der Waals surface area contributed by atoms with Gasteiger partial charge in [-0.25, -0.2) is 5.43 Å². The van der Waals surface area contributed by atoms with Gasteiger partial charge in [0.2, 0.25) is 0 Å². The van der Waals surface area contributed by atoms with E-state index in [0.717, 1.165) is 16.8 Å². The molecule has 60 valence electrons. The van der Waals surface area contributed by atoms with Crippen molar-refractivity contribution in [2.45, 2.75) is 12.5 Å². The molecule has 0 fully saturated rings. The molecule has 0 aromatic carbocycles. The van der Waals surface area contributed by atoms with Crippen LogP contribution in [0, 0.1) is 0 Å². The standard InChI is InChI=1S/C5H14N2OSSi/c1-4(10)3-6-7-5(8)9-2/h4,6H,3H2,1-2,10H3,(H,7,8). The number of thioether (sulfide) groups is 1. The molecule has 3 nitrogen and oxygen atoms in total. The highest BCUT2D eigenvalue weighted by molar-refractivity contribution is 8.12. The van der Waals surface area contributed by atoms with Crippen molar-refractivity contribution >= 4 is 27.2 Å². The Morgan fingerprint density at radius 3 is 2.80 bits per heavy atom. The lowest BCUT2D eigenvalue weighted by Crippen LogP contribution is -2.36. The first-order valence-electron chi connectivity index (χ1n) is 3.23. The molecule has 0 rings (SSSR count). The number of rotatable bonds is 3. The van der Waals surface area contributed by atoms with E-state index in [2.05, 4.69) is 17.8 Å². The fourth-order valence-corrected chi connectivity index (χ4v) is 0.757. The summed E-state index contributed by atoms with van der Waals surface area (Å²) in [6.45, 7) is 3.02. The zero-order chi connectivity index (χ0) is 7.98. The van der Waals surface area contributed by atoms with Gasteiger partial charge in [-0.1, -0.05) is 18.7 Å². The van der Waals surface area contributed by atoms with Gasteiger partial charge in [0, 0.05) is 16.8 Å².